The maximum absolute atomic E-state index is 16.4. The number of alkyl halides is 3. The van der Waals surface area contributed by atoms with Crippen LogP contribution in [0.3, 0.4) is 0 Å². The molecule has 1 aromatic heterocycles. The molecule has 3 aromatic rings. The average molecular weight is 609 g/mol. The number of nitrogens with zero attached hydrogens (tertiary/aromatic N) is 4. The van der Waals surface area contributed by atoms with E-state index in [4.69, 9.17) is 10.5 Å². The van der Waals surface area contributed by atoms with Crippen LogP contribution < -0.4 is 20.7 Å². The molecule has 0 radical (unpaired) electrons. The molecule has 4 heterocycles. The summed E-state index contributed by atoms with van der Waals surface area (Å²) < 4.78 is 96.1. The maximum atomic E-state index is 16.4. The van der Waals surface area contributed by atoms with Gasteiger partial charge in [0.05, 0.1) is 23.4 Å². The summed E-state index contributed by atoms with van der Waals surface area (Å²) in [5.41, 5.74) is -0.158. The fourth-order valence-corrected chi connectivity index (χ4v) is 7.03. The van der Waals surface area contributed by atoms with Crippen LogP contribution in [0.15, 0.2) is 12.1 Å². The first-order valence-electron chi connectivity index (χ1n) is 14.4. The van der Waals surface area contributed by atoms with Gasteiger partial charge in [0, 0.05) is 48.1 Å². The first-order chi connectivity index (χ1) is 20.2. The number of aryl methyl sites for hydroxylation is 1. The van der Waals surface area contributed by atoms with E-state index in [2.05, 4.69) is 27.1 Å². The van der Waals surface area contributed by atoms with Gasteiger partial charge >= 0.3 is 12.2 Å². The predicted molar refractivity (Wildman–Crippen MR) is 151 cm³/mol. The maximum Gasteiger partial charge on any atom is 0.417 e. The van der Waals surface area contributed by atoms with Crippen molar-refractivity contribution < 1.29 is 31.1 Å². The zero-order chi connectivity index (χ0) is 30.8. The lowest BCUT2D eigenvalue weighted by Gasteiger charge is -2.38. The number of nitrogen functional groups attached to an aromatic ring is 1. The van der Waals surface area contributed by atoms with Crippen LogP contribution in [0.5, 0.6) is 6.01 Å². The van der Waals surface area contributed by atoms with E-state index in [1.54, 1.807) is 0 Å². The van der Waals surface area contributed by atoms with E-state index < -0.39 is 57.1 Å². The van der Waals surface area contributed by atoms with Gasteiger partial charge in [-0.05, 0) is 63.9 Å². The summed E-state index contributed by atoms with van der Waals surface area (Å²) in [6.45, 7) is 6.08. The number of nitrogens with one attached hydrogen (secondary N) is 1. The van der Waals surface area contributed by atoms with Gasteiger partial charge in [-0.1, -0.05) is 6.92 Å². The minimum absolute atomic E-state index is 0.0365. The Morgan fingerprint density at radius 3 is 2.42 bits per heavy atom. The Bertz CT molecular complexity index is 1570. The first-order valence-corrected chi connectivity index (χ1v) is 14.4. The highest BCUT2D eigenvalue weighted by atomic mass is 19.4. The number of fused-ring (bicyclic) bond motifs is 3. The standard InChI is InChI=1S/C30H34F6N6O/c1-15-9-20(37)24(32)22(23(15)30(34,35)36)21-19(31)10-18-26(25(21)33)39-28(43-14-29(2)7-4-8-41(3)13-29)40-27(18)42-11-16-5-6-17(12-42)38-16/h9-10,16-17,38H,4-8,11-14,37H2,1-3H3/t16-,17+,29?. The van der Waals surface area contributed by atoms with Crippen molar-refractivity contribution in [1.29, 1.82) is 0 Å². The van der Waals surface area contributed by atoms with Crippen molar-refractivity contribution in [2.45, 2.75) is 57.8 Å². The SMILES string of the molecule is Cc1cc(N)c(F)c(-c2c(F)cc3c(N4C[C@H]5CC[C@@H](C4)N5)nc(OCC4(C)CCCN(C)C4)nc3c2F)c1C(F)(F)F. The number of hydrogen-bond donors (Lipinski definition) is 2. The number of likely N-dealkylation sites (tertiary alicyclic amines) is 1. The second kappa shape index (κ2) is 10.7. The highest BCUT2D eigenvalue weighted by Gasteiger charge is 2.40. The molecule has 7 nitrogen and oxygen atoms in total. The Morgan fingerprint density at radius 2 is 1.77 bits per heavy atom. The van der Waals surface area contributed by atoms with Crippen LogP contribution in [0.1, 0.15) is 43.7 Å². The molecule has 6 rings (SSSR count). The number of piperazine rings is 1. The van der Waals surface area contributed by atoms with Crippen molar-refractivity contribution in [3.05, 3.63) is 40.7 Å². The van der Waals surface area contributed by atoms with E-state index in [0.29, 0.717) is 13.1 Å². The third-order valence-electron chi connectivity index (χ3n) is 8.90. The van der Waals surface area contributed by atoms with Gasteiger partial charge in [0.1, 0.15) is 17.2 Å². The van der Waals surface area contributed by atoms with E-state index in [1.165, 1.54) is 0 Å². The number of ether oxygens (including phenoxy) is 1. The van der Waals surface area contributed by atoms with Crippen molar-refractivity contribution >= 4 is 22.4 Å². The Labute approximate surface area is 245 Å². The van der Waals surface area contributed by atoms with Crippen molar-refractivity contribution in [2.75, 3.05) is 50.5 Å². The second-order valence-electron chi connectivity index (χ2n) is 12.6. The zero-order valence-corrected chi connectivity index (χ0v) is 24.2. The van der Waals surface area contributed by atoms with Gasteiger partial charge in [-0.25, -0.2) is 13.2 Å². The van der Waals surface area contributed by atoms with Crippen molar-refractivity contribution in [2.24, 2.45) is 5.41 Å². The van der Waals surface area contributed by atoms with E-state index >= 15 is 13.2 Å². The van der Waals surface area contributed by atoms with E-state index in [-0.39, 0.29) is 41.3 Å². The Morgan fingerprint density at radius 1 is 1.07 bits per heavy atom. The highest BCUT2D eigenvalue weighted by Crippen LogP contribution is 2.46. The van der Waals surface area contributed by atoms with Gasteiger partial charge in [0.2, 0.25) is 0 Å². The van der Waals surface area contributed by atoms with Crippen LogP contribution in [0.4, 0.5) is 37.8 Å². The van der Waals surface area contributed by atoms with E-state index in [1.807, 2.05) is 11.9 Å². The number of anilines is 2. The summed E-state index contributed by atoms with van der Waals surface area (Å²) in [4.78, 5) is 12.9. The molecular weight excluding hydrogens is 574 g/mol. The van der Waals surface area contributed by atoms with E-state index in [9.17, 15) is 13.2 Å². The monoisotopic (exact) mass is 608 g/mol. The van der Waals surface area contributed by atoms with Crippen LogP contribution >= 0.6 is 0 Å². The molecule has 2 aromatic carbocycles. The normalized spacial score (nSPS) is 24.6. The highest BCUT2D eigenvalue weighted by molar-refractivity contribution is 5.94. The minimum atomic E-state index is -5.12. The van der Waals surface area contributed by atoms with Gasteiger partial charge in [0.25, 0.3) is 0 Å². The summed E-state index contributed by atoms with van der Waals surface area (Å²) >= 11 is 0. The molecule has 232 valence electrons. The predicted octanol–water partition coefficient (Wildman–Crippen LogP) is 5.67. The molecule has 3 aliphatic rings. The molecule has 3 saturated heterocycles. The van der Waals surface area contributed by atoms with Gasteiger partial charge in [-0.2, -0.15) is 23.1 Å². The lowest BCUT2D eigenvalue weighted by Crippen LogP contribution is -2.51. The Hall–Kier alpha value is -3.32. The minimum Gasteiger partial charge on any atom is -0.463 e. The first kappa shape index (κ1) is 29.7. The summed E-state index contributed by atoms with van der Waals surface area (Å²) in [5, 5.41) is 3.45. The molecular formula is C30H34F6N6O. The fraction of sp³-hybridized carbons (Fsp3) is 0.533. The average Bonchev–Trinajstić information content (AvgIpc) is 3.26. The van der Waals surface area contributed by atoms with Crippen LogP contribution in [0.25, 0.3) is 22.0 Å². The molecule has 0 aliphatic carbocycles. The molecule has 13 heteroatoms. The summed E-state index contributed by atoms with van der Waals surface area (Å²) in [6.07, 6.45) is -1.40. The Kier molecular flexibility index (Phi) is 7.39. The number of aromatic nitrogens is 2. The number of hydrogen-bond acceptors (Lipinski definition) is 7. The molecule has 0 saturated carbocycles. The largest absolute Gasteiger partial charge is 0.463 e. The van der Waals surface area contributed by atoms with Crippen LogP contribution in [-0.4, -0.2) is 66.8 Å². The molecule has 3 fully saturated rings. The van der Waals surface area contributed by atoms with Crippen LogP contribution in [0.2, 0.25) is 0 Å². The van der Waals surface area contributed by atoms with Crippen LogP contribution in [-0.2, 0) is 6.18 Å². The Balaban J connectivity index is 1.53. The molecule has 0 amide bonds. The molecule has 43 heavy (non-hydrogen) atoms. The summed E-state index contributed by atoms with van der Waals surface area (Å²) in [5.74, 6) is -4.17. The van der Waals surface area contributed by atoms with Crippen LogP contribution in [0, 0.1) is 29.8 Å². The number of nitrogens with two attached hydrogens (primary N) is 1. The number of piperidine rings is 1. The molecule has 3 atom stereocenters. The number of halogens is 6. The van der Waals surface area contributed by atoms with Gasteiger partial charge < -0.3 is 25.6 Å². The molecule has 1 unspecified atom stereocenters. The van der Waals surface area contributed by atoms with Gasteiger partial charge in [-0.3, -0.25) is 0 Å². The van der Waals surface area contributed by atoms with Gasteiger partial charge in [-0.15, -0.1) is 0 Å². The lowest BCUT2D eigenvalue weighted by atomic mass is 9.83. The second-order valence-corrected chi connectivity index (χ2v) is 12.6. The van der Waals surface area contributed by atoms with E-state index in [0.717, 1.165) is 57.8 Å². The van der Waals surface area contributed by atoms with Gasteiger partial charge in [0.15, 0.2) is 11.6 Å². The third-order valence-corrected chi connectivity index (χ3v) is 8.90. The third kappa shape index (κ3) is 5.45. The zero-order valence-electron chi connectivity index (χ0n) is 24.2. The molecule has 2 bridgehead atoms. The summed E-state index contributed by atoms with van der Waals surface area (Å²) in [7, 11) is 2.01. The lowest BCUT2D eigenvalue weighted by molar-refractivity contribution is -0.137. The van der Waals surface area contributed by atoms with Crippen molar-refractivity contribution in [3.63, 3.8) is 0 Å². The molecule has 0 spiro atoms. The number of benzene rings is 2. The number of rotatable bonds is 5. The smallest absolute Gasteiger partial charge is 0.417 e. The topological polar surface area (TPSA) is 79.5 Å². The van der Waals surface area contributed by atoms with Crippen molar-refractivity contribution in [3.8, 4) is 17.1 Å². The molecule has 3 aliphatic heterocycles. The summed E-state index contributed by atoms with van der Waals surface area (Å²) in [6, 6.07) is 1.80. The fourth-order valence-electron chi connectivity index (χ4n) is 7.03. The quantitative estimate of drug-likeness (QED) is 0.285. The molecule has 3 N–H and O–H groups in total. The van der Waals surface area contributed by atoms with Crippen molar-refractivity contribution in [1.82, 2.24) is 20.2 Å².